The zero-order chi connectivity index (χ0) is 20.0. The highest BCUT2D eigenvalue weighted by Crippen LogP contribution is 2.54. The fourth-order valence-corrected chi connectivity index (χ4v) is 4.48. The van der Waals surface area contributed by atoms with Gasteiger partial charge in [0.05, 0.1) is 11.6 Å². The first-order valence-electron chi connectivity index (χ1n) is 10.5. The molecule has 7 heteroatoms. The van der Waals surface area contributed by atoms with E-state index < -0.39 is 0 Å². The second-order valence-corrected chi connectivity index (χ2v) is 8.82. The predicted molar refractivity (Wildman–Crippen MR) is 106 cm³/mol. The van der Waals surface area contributed by atoms with E-state index in [-0.39, 0.29) is 17.9 Å². The van der Waals surface area contributed by atoms with Crippen molar-refractivity contribution in [1.29, 1.82) is 5.26 Å². The third-order valence-electron chi connectivity index (χ3n) is 6.82. The van der Waals surface area contributed by atoms with Crippen LogP contribution in [0.5, 0.6) is 0 Å². The number of carbonyl (C=O) groups is 1. The number of rotatable bonds is 5. The summed E-state index contributed by atoms with van der Waals surface area (Å²) >= 11 is 0. The summed E-state index contributed by atoms with van der Waals surface area (Å²) in [6.07, 6.45) is 5.89. The van der Waals surface area contributed by atoms with Gasteiger partial charge < -0.3 is 14.6 Å². The third-order valence-corrected chi connectivity index (χ3v) is 6.82. The summed E-state index contributed by atoms with van der Waals surface area (Å²) in [5, 5.41) is 20.3. The SMILES string of the molecule is C[C@@H](Nc1nnc(C2C[C@H]2c2ccc(C#N)cc2)o1)C(=O)N1CCC2(CC1)CC2. The molecule has 0 bridgehead atoms. The number of nitrogens with zero attached hydrogens (tertiary/aromatic N) is 4. The predicted octanol–water partition coefficient (Wildman–Crippen LogP) is 3.42. The Kier molecular flexibility index (Phi) is 4.30. The zero-order valence-corrected chi connectivity index (χ0v) is 16.6. The average molecular weight is 391 g/mol. The van der Waals surface area contributed by atoms with Crippen molar-refractivity contribution in [2.75, 3.05) is 18.4 Å². The van der Waals surface area contributed by atoms with Crippen LogP contribution in [0, 0.1) is 16.7 Å². The van der Waals surface area contributed by atoms with Gasteiger partial charge in [0, 0.05) is 19.0 Å². The van der Waals surface area contributed by atoms with Crippen molar-refractivity contribution in [3.05, 3.63) is 41.3 Å². The molecule has 1 amide bonds. The molecule has 2 heterocycles. The van der Waals surface area contributed by atoms with Crippen molar-refractivity contribution in [3.8, 4) is 6.07 Å². The van der Waals surface area contributed by atoms with E-state index in [1.54, 1.807) is 0 Å². The van der Waals surface area contributed by atoms with Crippen LogP contribution in [-0.2, 0) is 4.79 Å². The fourth-order valence-electron chi connectivity index (χ4n) is 4.48. The maximum Gasteiger partial charge on any atom is 0.316 e. The van der Waals surface area contributed by atoms with E-state index in [4.69, 9.17) is 9.68 Å². The van der Waals surface area contributed by atoms with E-state index in [0.717, 1.165) is 32.4 Å². The molecular weight excluding hydrogens is 366 g/mol. The highest BCUT2D eigenvalue weighted by atomic mass is 16.4. The van der Waals surface area contributed by atoms with E-state index in [2.05, 4.69) is 21.6 Å². The Labute approximate surface area is 170 Å². The molecule has 7 nitrogen and oxygen atoms in total. The van der Waals surface area contributed by atoms with Crippen LogP contribution in [0.2, 0.25) is 0 Å². The minimum atomic E-state index is -0.384. The summed E-state index contributed by atoms with van der Waals surface area (Å²) in [6.45, 7) is 3.56. The Bertz CT molecular complexity index is 946. The van der Waals surface area contributed by atoms with Crippen molar-refractivity contribution < 1.29 is 9.21 Å². The summed E-state index contributed by atoms with van der Waals surface area (Å²) in [5.41, 5.74) is 2.41. The van der Waals surface area contributed by atoms with Gasteiger partial charge in [0.15, 0.2) is 0 Å². The molecule has 3 atom stereocenters. The standard InChI is InChI=1S/C22H25N5O2/c1-14(20(28)27-10-8-22(6-7-22)9-11-27)24-21-26-25-19(29-21)18-12-17(18)16-4-2-15(13-23)3-5-16/h2-5,14,17-18H,6-12H2,1H3,(H,24,26)/t14-,17+,18?/m1/s1. The lowest BCUT2D eigenvalue weighted by atomic mass is 9.93. The minimum Gasteiger partial charge on any atom is -0.408 e. The molecule has 3 fully saturated rings. The summed E-state index contributed by atoms with van der Waals surface area (Å²) in [7, 11) is 0. The van der Waals surface area contributed by atoms with E-state index in [0.29, 0.717) is 28.8 Å². The maximum atomic E-state index is 12.7. The molecule has 1 unspecified atom stereocenters. The van der Waals surface area contributed by atoms with Crippen molar-refractivity contribution in [3.63, 3.8) is 0 Å². The molecule has 3 aliphatic rings. The van der Waals surface area contributed by atoms with Gasteiger partial charge in [0.1, 0.15) is 6.04 Å². The van der Waals surface area contributed by atoms with E-state index >= 15 is 0 Å². The van der Waals surface area contributed by atoms with Gasteiger partial charge in [-0.3, -0.25) is 4.79 Å². The van der Waals surface area contributed by atoms with Crippen LogP contribution in [0.4, 0.5) is 6.01 Å². The summed E-state index contributed by atoms with van der Waals surface area (Å²) in [5.74, 6) is 1.25. The highest BCUT2D eigenvalue weighted by molar-refractivity contribution is 5.83. The monoisotopic (exact) mass is 391 g/mol. The molecular formula is C22H25N5O2. The molecule has 2 aliphatic carbocycles. The number of nitrogens with one attached hydrogen (secondary N) is 1. The molecule has 1 spiro atoms. The van der Waals surface area contributed by atoms with Crippen LogP contribution in [-0.4, -0.2) is 40.1 Å². The molecule has 150 valence electrons. The number of benzene rings is 1. The van der Waals surface area contributed by atoms with Gasteiger partial charge in [-0.2, -0.15) is 5.26 Å². The number of aromatic nitrogens is 2. The van der Waals surface area contributed by atoms with Crippen LogP contribution >= 0.6 is 0 Å². The maximum absolute atomic E-state index is 12.7. The molecule has 1 saturated heterocycles. The lowest BCUT2D eigenvalue weighted by Gasteiger charge is -2.33. The van der Waals surface area contributed by atoms with E-state index in [9.17, 15) is 4.79 Å². The summed E-state index contributed by atoms with van der Waals surface area (Å²) < 4.78 is 5.80. The number of likely N-dealkylation sites (tertiary alicyclic amines) is 1. The van der Waals surface area contributed by atoms with Gasteiger partial charge in [0.25, 0.3) is 0 Å². The first-order chi connectivity index (χ1) is 14.1. The molecule has 29 heavy (non-hydrogen) atoms. The van der Waals surface area contributed by atoms with Crippen molar-refractivity contribution in [1.82, 2.24) is 15.1 Å². The van der Waals surface area contributed by atoms with Crippen LogP contribution in [0.1, 0.15) is 67.9 Å². The molecule has 1 aromatic carbocycles. The number of nitriles is 1. The average Bonchev–Trinajstić information content (AvgIpc) is 3.67. The third kappa shape index (κ3) is 3.59. The van der Waals surface area contributed by atoms with Crippen LogP contribution in [0.15, 0.2) is 28.7 Å². The first-order valence-corrected chi connectivity index (χ1v) is 10.5. The van der Waals surface area contributed by atoms with Crippen molar-refractivity contribution in [2.45, 2.75) is 56.9 Å². The number of carbonyl (C=O) groups excluding carboxylic acids is 1. The minimum absolute atomic E-state index is 0.0992. The normalized spacial score (nSPS) is 25.3. The number of amides is 1. The largest absolute Gasteiger partial charge is 0.408 e. The number of anilines is 1. The van der Waals surface area contributed by atoms with Gasteiger partial charge in [-0.25, -0.2) is 0 Å². The van der Waals surface area contributed by atoms with Gasteiger partial charge >= 0.3 is 6.01 Å². The molecule has 5 rings (SSSR count). The number of piperidine rings is 1. The topological polar surface area (TPSA) is 95.0 Å². The van der Waals surface area contributed by atoms with Crippen LogP contribution in [0.25, 0.3) is 0 Å². The van der Waals surface area contributed by atoms with Gasteiger partial charge in [-0.15, -0.1) is 5.10 Å². The van der Waals surface area contributed by atoms with Crippen LogP contribution in [0.3, 0.4) is 0 Å². The molecule has 1 aromatic heterocycles. The quantitative estimate of drug-likeness (QED) is 0.839. The molecule has 0 radical (unpaired) electrons. The first kappa shape index (κ1) is 18.2. The van der Waals surface area contributed by atoms with Gasteiger partial charge in [-0.05, 0) is 68.1 Å². The summed E-state index contributed by atoms with van der Waals surface area (Å²) in [4.78, 5) is 14.7. The van der Waals surface area contributed by atoms with Crippen molar-refractivity contribution in [2.24, 2.45) is 5.41 Å². The fraction of sp³-hybridized carbons (Fsp3) is 0.545. The Morgan fingerprint density at radius 3 is 2.59 bits per heavy atom. The van der Waals surface area contributed by atoms with Crippen molar-refractivity contribution >= 4 is 11.9 Å². The van der Waals surface area contributed by atoms with Crippen LogP contribution < -0.4 is 5.32 Å². The summed E-state index contributed by atoms with van der Waals surface area (Å²) in [6, 6.07) is 9.72. The molecule has 2 saturated carbocycles. The smallest absolute Gasteiger partial charge is 0.316 e. The Morgan fingerprint density at radius 1 is 1.21 bits per heavy atom. The van der Waals surface area contributed by atoms with Gasteiger partial charge in [0.2, 0.25) is 11.8 Å². The lowest BCUT2D eigenvalue weighted by molar-refractivity contribution is -0.133. The Morgan fingerprint density at radius 2 is 1.93 bits per heavy atom. The van der Waals surface area contributed by atoms with E-state index in [1.807, 2.05) is 36.1 Å². The molecule has 1 N–H and O–H groups in total. The lowest BCUT2D eigenvalue weighted by Crippen LogP contribution is -2.45. The second kappa shape index (κ2) is 6.87. The Balaban J connectivity index is 1.16. The van der Waals surface area contributed by atoms with E-state index in [1.165, 1.54) is 18.4 Å². The van der Waals surface area contributed by atoms with Gasteiger partial charge in [-0.1, -0.05) is 17.2 Å². The molecule has 1 aliphatic heterocycles. The Hall–Kier alpha value is -2.88. The molecule has 2 aromatic rings. The highest BCUT2D eigenvalue weighted by Gasteiger charge is 2.46. The number of hydrogen-bond acceptors (Lipinski definition) is 6. The second-order valence-electron chi connectivity index (χ2n) is 8.82. The number of hydrogen-bond donors (Lipinski definition) is 1. The zero-order valence-electron chi connectivity index (χ0n) is 16.6.